The van der Waals surface area contributed by atoms with E-state index in [-0.39, 0.29) is 24.5 Å². The van der Waals surface area contributed by atoms with Crippen molar-refractivity contribution in [2.45, 2.75) is 38.8 Å². The Labute approximate surface area is 206 Å². The summed E-state index contributed by atoms with van der Waals surface area (Å²) in [5.74, 6) is 0.615. The van der Waals surface area contributed by atoms with Crippen LogP contribution >= 0.6 is 0 Å². The number of piperazine rings is 1. The Kier molecular flexibility index (Phi) is 6.68. The molecule has 2 amide bonds. The summed E-state index contributed by atoms with van der Waals surface area (Å²) in [7, 11) is 0. The van der Waals surface area contributed by atoms with Crippen LogP contribution in [0.4, 0.5) is 5.69 Å². The van der Waals surface area contributed by atoms with Crippen molar-refractivity contribution in [2.75, 3.05) is 37.6 Å². The van der Waals surface area contributed by atoms with Crippen molar-refractivity contribution >= 4 is 28.4 Å². The second kappa shape index (κ2) is 10.0. The maximum absolute atomic E-state index is 13.2. The number of benzene rings is 2. The molecule has 2 aliphatic rings. The number of fused-ring (bicyclic) bond motifs is 1. The van der Waals surface area contributed by atoms with Crippen LogP contribution in [0.2, 0.25) is 0 Å². The number of carbonyl (C=O) groups excluding carboxylic acids is 2. The molecule has 35 heavy (non-hydrogen) atoms. The van der Waals surface area contributed by atoms with Crippen molar-refractivity contribution in [2.24, 2.45) is 0 Å². The molecule has 0 N–H and O–H groups in total. The van der Waals surface area contributed by atoms with Gasteiger partial charge in [-0.3, -0.25) is 14.6 Å². The number of piperidine rings is 1. The van der Waals surface area contributed by atoms with Gasteiger partial charge in [0.05, 0.1) is 5.52 Å². The van der Waals surface area contributed by atoms with E-state index in [9.17, 15) is 9.59 Å². The van der Waals surface area contributed by atoms with E-state index >= 15 is 0 Å². The van der Waals surface area contributed by atoms with Crippen LogP contribution in [-0.4, -0.2) is 71.5 Å². The maximum Gasteiger partial charge on any atom is 0.255 e. The van der Waals surface area contributed by atoms with Crippen LogP contribution in [0.3, 0.4) is 0 Å². The summed E-state index contributed by atoms with van der Waals surface area (Å²) >= 11 is 0. The van der Waals surface area contributed by atoms with Crippen molar-refractivity contribution < 1.29 is 14.3 Å². The second-order valence-corrected chi connectivity index (χ2v) is 9.59. The van der Waals surface area contributed by atoms with Gasteiger partial charge in [-0.15, -0.1) is 0 Å². The van der Waals surface area contributed by atoms with Gasteiger partial charge in [0.15, 0.2) is 0 Å². The average molecular weight is 473 g/mol. The number of ether oxygens (including phenoxy) is 1. The Morgan fingerprint density at radius 3 is 2.46 bits per heavy atom. The van der Waals surface area contributed by atoms with Gasteiger partial charge >= 0.3 is 0 Å². The standard InChI is InChI=1S/C28H32N4O3/c1-20(2)30-15-12-23(13-16-30)35-22-10-8-21(9-11-22)32-18-17-31(19-27(32)33)28(34)25-5-3-7-26-24(25)6-4-14-29-26/h3-11,14,20,23H,12-13,15-19H2,1-2H3. The molecule has 0 unspecified atom stereocenters. The molecule has 2 saturated heterocycles. The lowest BCUT2D eigenvalue weighted by Gasteiger charge is -2.35. The molecule has 5 rings (SSSR count). The highest BCUT2D eigenvalue weighted by molar-refractivity contribution is 6.08. The molecule has 0 aliphatic carbocycles. The fraction of sp³-hybridized carbons (Fsp3) is 0.393. The fourth-order valence-electron chi connectivity index (χ4n) is 4.99. The van der Waals surface area contributed by atoms with Crippen LogP contribution in [0.5, 0.6) is 5.75 Å². The third kappa shape index (κ3) is 5.00. The minimum atomic E-state index is -0.135. The van der Waals surface area contributed by atoms with Crippen LogP contribution in [0.1, 0.15) is 37.0 Å². The van der Waals surface area contributed by atoms with E-state index in [1.54, 1.807) is 22.1 Å². The van der Waals surface area contributed by atoms with E-state index in [0.29, 0.717) is 24.7 Å². The number of hydrogen-bond donors (Lipinski definition) is 0. The maximum atomic E-state index is 13.2. The number of nitrogens with zero attached hydrogens (tertiary/aromatic N) is 4. The lowest BCUT2D eigenvalue weighted by atomic mass is 10.1. The Hall–Kier alpha value is -3.45. The summed E-state index contributed by atoms with van der Waals surface area (Å²) in [5, 5.41) is 0.806. The minimum absolute atomic E-state index is 0.0577. The zero-order valence-corrected chi connectivity index (χ0v) is 20.4. The van der Waals surface area contributed by atoms with E-state index in [1.807, 2.05) is 48.5 Å². The van der Waals surface area contributed by atoms with E-state index in [4.69, 9.17) is 4.74 Å². The first-order valence-electron chi connectivity index (χ1n) is 12.4. The highest BCUT2D eigenvalue weighted by Crippen LogP contribution is 2.25. The second-order valence-electron chi connectivity index (χ2n) is 9.59. The first-order valence-corrected chi connectivity index (χ1v) is 12.4. The molecular formula is C28H32N4O3. The molecule has 2 aromatic carbocycles. The van der Waals surface area contributed by atoms with Gasteiger partial charge in [-0.2, -0.15) is 0 Å². The predicted octanol–water partition coefficient (Wildman–Crippen LogP) is 3.98. The van der Waals surface area contributed by atoms with Crippen molar-refractivity contribution in [3.63, 3.8) is 0 Å². The van der Waals surface area contributed by atoms with Crippen LogP contribution < -0.4 is 9.64 Å². The van der Waals surface area contributed by atoms with Crippen LogP contribution in [0.25, 0.3) is 10.9 Å². The van der Waals surface area contributed by atoms with Gasteiger partial charge in [-0.1, -0.05) is 12.1 Å². The van der Waals surface area contributed by atoms with Crippen molar-refractivity contribution in [3.05, 3.63) is 66.4 Å². The lowest BCUT2D eigenvalue weighted by Crippen LogP contribution is -2.52. The Morgan fingerprint density at radius 2 is 1.74 bits per heavy atom. The summed E-state index contributed by atoms with van der Waals surface area (Å²) in [6, 6.07) is 17.6. The summed E-state index contributed by atoms with van der Waals surface area (Å²) in [6.45, 7) is 7.59. The van der Waals surface area contributed by atoms with Crippen LogP contribution in [0.15, 0.2) is 60.8 Å². The molecule has 0 bridgehead atoms. The molecule has 3 aromatic rings. The molecule has 7 nitrogen and oxygen atoms in total. The number of amides is 2. The van der Waals surface area contributed by atoms with Crippen LogP contribution in [-0.2, 0) is 4.79 Å². The van der Waals surface area contributed by atoms with Gasteiger partial charge in [0, 0.05) is 55.1 Å². The quantitative estimate of drug-likeness (QED) is 0.562. The SMILES string of the molecule is CC(C)N1CCC(Oc2ccc(N3CCN(C(=O)c4cccc5ncccc45)CC3=O)cc2)CC1. The third-order valence-corrected chi connectivity index (χ3v) is 7.04. The normalized spacial score (nSPS) is 17.9. The summed E-state index contributed by atoms with van der Waals surface area (Å²) in [5.41, 5.74) is 2.19. The highest BCUT2D eigenvalue weighted by Gasteiger charge is 2.29. The molecule has 3 heterocycles. The molecule has 182 valence electrons. The van der Waals surface area contributed by atoms with E-state index < -0.39 is 0 Å². The Balaban J connectivity index is 1.20. The number of anilines is 1. The number of aromatic nitrogens is 1. The molecule has 0 spiro atoms. The Morgan fingerprint density at radius 1 is 0.971 bits per heavy atom. The van der Waals surface area contributed by atoms with Gasteiger partial charge in [0.2, 0.25) is 5.91 Å². The third-order valence-electron chi connectivity index (χ3n) is 7.04. The van der Waals surface area contributed by atoms with Crippen molar-refractivity contribution in [1.82, 2.24) is 14.8 Å². The van der Waals surface area contributed by atoms with E-state index in [0.717, 1.165) is 48.3 Å². The smallest absolute Gasteiger partial charge is 0.255 e. The van der Waals surface area contributed by atoms with Gasteiger partial charge in [-0.25, -0.2) is 0 Å². The first-order chi connectivity index (χ1) is 17.0. The van der Waals surface area contributed by atoms with Gasteiger partial charge in [-0.05, 0) is 69.2 Å². The monoisotopic (exact) mass is 472 g/mol. The zero-order valence-electron chi connectivity index (χ0n) is 20.4. The summed E-state index contributed by atoms with van der Waals surface area (Å²) in [6.07, 6.45) is 4.00. The molecule has 2 fully saturated rings. The van der Waals surface area contributed by atoms with Crippen molar-refractivity contribution in [3.8, 4) is 5.75 Å². The zero-order chi connectivity index (χ0) is 24.4. The molecule has 0 saturated carbocycles. The predicted molar refractivity (Wildman–Crippen MR) is 137 cm³/mol. The number of rotatable bonds is 5. The van der Waals surface area contributed by atoms with Gasteiger partial charge in [0.1, 0.15) is 18.4 Å². The largest absolute Gasteiger partial charge is 0.490 e. The minimum Gasteiger partial charge on any atom is -0.490 e. The van der Waals surface area contributed by atoms with Gasteiger partial charge in [0.25, 0.3) is 5.91 Å². The Bertz CT molecular complexity index is 1200. The molecular weight excluding hydrogens is 440 g/mol. The number of pyridine rings is 1. The van der Waals surface area contributed by atoms with Gasteiger partial charge < -0.3 is 19.4 Å². The topological polar surface area (TPSA) is 66.0 Å². The fourth-order valence-corrected chi connectivity index (χ4v) is 4.99. The number of carbonyl (C=O) groups is 2. The lowest BCUT2D eigenvalue weighted by molar-refractivity contribution is -0.120. The molecule has 2 aliphatic heterocycles. The van der Waals surface area contributed by atoms with E-state index in [2.05, 4.69) is 23.7 Å². The molecule has 0 radical (unpaired) electrons. The molecule has 1 aromatic heterocycles. The average Bonchev–Trinajstić information content (AvgIpc) is 2.89. The molecule has 0 atom stereocenters. The first kappa shape index (κ1) is 23.3. The summed E-state index contributed by atoms with van der Waals surface area (Å²) in [4.78, 5) is 36.4. The number of hydrogen-bond acceptors (Lipinski definition) is 5. The van der Waals surface area contributed by atoms with E-state index in [1.165, 1.54) is 0 Å². The highest BCUT2D eigenvalue weighted by atomic mass is 16.5. The number of likely N-dealkylation sites (tertiary alicyclic amines) is 1. The summed E-state index contributed by atoms with van der Waals surface area (Å²) < 4.78 is 6.20. The molecule has 7 heteroatoms. The van der Waals surface area contributed by atoms with Crippen molar-refractivity contribution in [1.29, 1.82) is 0 Å². The van der Waals surface area contributed by atoms with Crippen LogP contribution in [0, 0.1) is 0 Å².